The summed E-state index contributed by atoms with van der Waals surface area (Å²) in [6.45, 7) is 3.40. The molecule has 0 saturated carbocycles. The summed E-state index contributed by atoms with van der Waals surface area (Å²) in [5.74, 6) is 1.28. The van der Waals surface area contributed by atoms with Crippen molar-refractivity contribution in [3.05, 3.63) is 35.5 Å². The molecule has 2 aromatic rings. The molecule has 130 valence electrons. The molecule has 0 amide bonds. The minimum Gasteiger partial charge on any atom is -0.363 e. The second kappa shape index (κ2) is 6.52. The minimum absolute atomic E-state index is 0.304. The van der Waals surface area contributed by atoms with E-state index in [2.05, 4.69) is 22.0 Å². The monoisotopic (exact) mass is 350 g/mol. The van der Waals surface area contributed by atoms with Gasteiger partial charge in [0.1, 0.15) is 0 Å². The van der Waals surface area contributed by atoms with Gasteiger partial charge in [0, 0.05) is 32.7 Å². The molecule has 0 saturated heterocycles. The molecule has 1 aliphatic rings. The number of nitrogens with zero attached hydrogens (tertiary/aromatic N) is 4. The summed E-state index contributed by atoms with van der Waals surface area (Å²) in [7, 11) is -0.368. The van der Waals surface area contributed by atoms with Crippen molar-refractivity contribution in [2.24, 2.45) is 0 Å². The third-order valence-electron chi connectivity index (χ3n) is 4.13. The molecule has 0 bridgehead atoms. The number of anilines is 1. The normalized spacial score (nSPS) is 14.4. The fraction of sp³-hybridized carbons (Fsp3) is 0.500. The van der Waals surface area contributed by atoms with Crippen molar-refractivity contribution >= 4 is 15.7 Å². The van der Waals surface area contributed by atoms with E-state index in [1.54, 1.807) is 12.1 Å². The fourth-order valence-corrected chi connectivity index (χ4v) is 3.72. The Balaban J connectivity index is 1.85. The highest BCUT2D eigenvalue weighted by Gasteiger charge is 2.25. The van der Waals surface area contributed by atoms with Gasteiger partial charge < -0.3 is 9.42 Å². The minimum atomic E-state index is -3.44. The third kappa shape index (κ3) is 3.16. The highest BCUT2D eigenvalue weighted by molar-refractivity contribution is 7.89. The van der Waals surface area contributed by atoms with Gasteiger partial charge in [0.15, 0.2) is 5.82 Å². The summed E-state index contributed by atoms with van der Waals surface area (Å²) in [4.78, 5) is 6.80. The predicted molar refractivity (Wildman–Crippen MR) is 90.4 cm³/mol. The van der Waals surface area contributed by atoms with Gasteiger partial charge in [0.25, 0.3) is 0 Å². The van der Waals surface area contributed by atoms with Crippen LogP contribution in [0.3, 0.4) is 0 Å². The van der Waals surface area contributed by atoms with E-state index in [0.29, 0.717) is 23.2 Å². The van der Waals surface area contributed by atoms with E-state index in [4.69, 9.17) is 4.52 Å². The summed E-state index contributed by atoms with van der Waals surface area (Å²) in [6.07, 6.45) is 2.62. The first-order valence-electron chi connectivity index (χ1n) is 8.03. The molecule has 0 unspecified atom stereocenters. The number of hydrogen-bond donors (Lipinski definition) is 0. The molecule has 0 aliphatic carbocycles. The first-order chi connectivity index (χ1) is 11.4. The van der Waals surface area contributed by atoms with Crippen molar-refractivity contribution in [3.8, 4) is 0 Å². The molecule has 3 rings (SSSR count). The molecule has 1 aliphatic heterocycles. The van der Waals surface area contributed by atoms with E-state index in [-0.39, 0.29) is 0 Å². The van der Waals surface area contributed by atoms with Crippen LogP contribution in [0.5, 0.6) is 0 Å². The zero-order valence-electron chi connectivity index (χ0n) is 14.2. The predicted octanol–water partition coefficient (Wildman–Crippen LogP) is 1.84. The highest BCUT2D eigenvalue weighted by atomic mass is 32.2. The lowest BCUT2D eigenvalue weighted by molar-refractivity contribution is 0.372. The first-order valence-corrected chi connectivity index (χ1v) is 9.47. The average molecular weight is 350 g/mol. The molecule has 0 N–H and O–H groups in total. The molecule has 0 atom stereocenters. The van der Waals surface area contributed by atoms with Crippen LogP contribution >= 0.6 is 0 Å². The molecule has 8 heteroatoms. The Hall–Kier alpha value is -1.93. The zero-order valence-corrected chi connectivity index (χ0v) is 15.0. The SMILES string of the molecule is CCCc1nc(CN2CCc3ccc(S(=O)(=O)N(C)C)cc32)no1. The third-order valence-corrected chi connectivity index (χ3v) is 5.94. The van der Waals surface area contributed by atoms with Crippen molar-refractivity contribution in [3.63, 3.8) is 0 Å². The van der Waals surface area contributed by atoms with E-state index in [0.717, 1.165) is 37.1 Å². The summed E-state index contributed by atoms with van der Waals surface area (Å²) in [5, 5.41) is 4.02. The lowest BCUT2D eigenvalue weighted by atomic mass is 10.2. The van der Waals surface area contributed by atoms with Crippen molar-refractivity contribution in [1.29, 1.82) is 0 Å². The van der Waals surface area contributed by atoms with Crippen LogP contribution in [0.25, 0.3) is 0 Å². The number of hydrogen-bond acceptors (Lipinski definition) is 6. The molecular formula is C16H22N4O3S. The highest BCUT2D eigenvalue weighted by Crippen LogP contribution is 2.32. The molecule has 24 heavy (non-hydrogen) atoms. The largest absolute Gasteiger partial charge is 0.363 e. The van der Waals surface area contributed by atoms with Gasteiger partial charge in [-0.1, -0.05) is 18.1 Å². The summed E-state index contributed by atoms with van der Waals surface area (Å²) in [6, 6.07) is 5.31. The Morgan fingerprint density at radius 1 is 1.33 bits per heavy atom. The second-order valence-corrected chi connectivity index (χ2v) is 8.26. The molecule has 0 fully saturated rings. The molecule has 1 aromatic carbocycles. The Morgan fingerprint density at radius 3 is 2.83 bits per heavy atom. The van der Waals surface area contributed by atoms with Crippen LogP contribution in [0.2, 0.25) is 0 Å². The topological polar surface area (TPSA) is 79.5 Å². The standard InChI is InChI=1S/C16H22N4O3S/c1-4-5-16-17-15(18-23-16)11-20-9-8-12-6-7-13(10-14(12)20)24(21,22)19(2)3/h6-7,10H,4-5,8-9,11H2,1-3H3. The maximum Gasteiger partial charge on any atom is 0.242 e. The van der Waals surface area contributed by atoms with Crippen LogP contribution in [0.1, 0.15) is 30.6 Å². The number of aryl methyl sites for hydroxylation is 1. The van der Waals surface area contributed by atoms with Gasteiger partial charge in [-0.05, 0) is 30.5 Å². The van der Waals surface area contributed by atoms with Gasteiger partial charge in [0.05, 0.1) is 11.4 Å². The number of aromatic nitrogens is 2. The van der Waals surface area contributed by atoms with Crippen LogP contribution in [-0.4, -0.2) is 43.5 Å². The van der Waals surface area contributed by atoms with E-state index in [9.17, 15) is 8.42 Å². The van der Waals surface area contributed by atoms with Gasteiger partial charge in [-0.25, -0.2) is 12.7 Å². The number of sulfonamides is 1. The second-order valence-electron chi connectivity index (χ2n) is 6.10. The molecule has 1 aromatic heterocycles. The Kier molecular flexibility index (Phi) is 4.60. The van der Waals surface area contributed by atoms with Crippen LogP contribution < -0.4 is 4.90 Å². The summed E-state index contributed by atoms with van der Waals surface area (Å²) >= 11 is 0. The van der Waals surface area contributed by atoms with Crippen LogP contribution in [0.4, 0.5) is 5.69 Å². The van der Waals surface area contributed by atoms with Crippen LogP contribution in [-0.2, 0) is 29.4 Å². The Labute approximate surface area is 142 Å². The zero-order chi connectivity index (χ0) is 17.3. The Morgan fingerprint density at radius 2 is 2.12 bits per heavy atom. The van der Waals surface area contributed by atoms with E-state index in [1.165, 1.54) is 18.4 Å². The number of rotatable bonds is 6. The van der Waals surface area contributed by atoms with Crippen molar-refractivity contribution in [1.82, 2.24) is 14.4 Å². The van der Waals surface area contributed by atoms with Crippen LogP contribution in [0.15, 0.2) is 27.6 Å². The lowest BCUT2D eigenvalue weighted by Crippen LogP contribution is -2.23. The van der Waals surface area contributed by atoms with Gasteiger partial charge >= 0.3 is 0 Å². The molecule has 0 radical (unpaired) electrons. The lowest BCUT2D eigenvalue weighted by Gasteiger charge is -2.19. The maximum absolute atomic E-state index is 12.3. The molecule has 0 spiro atoms. The fourth-order valence-electron chi connectivity index (χ4n) is 2.80. The number of fused-ring (bicyclic) bond motifs is 1. The van der Waals surface area contributed by atoms with Gasteiger partial charge in [-0.15, -0.1) is 0 Å². The molecule has 2 heterocycles. The van der Waals surface area contributed by atoms with Gasteiger partial charge in [-0.2, -0.15) is 4.98 Å². The van der Waals surface area contributed by atoms with E-state index < -0.39 is 10.0 Å². The van der Waals surface area contributed by atoms with E-state index >= 15 is 0 Å². The van der Waals surface area contributed by atoms with E-state index in [1.807, 2.05) is 6.07 Å². The van der Waals surface area contributed by atoms with Crippen molar-refractivity contribution < 1.29 is 12.9 Å². The Bertz CT molecular complexity index is 830. The first kappa shape index (κ1) is 16.9. The summed E-state index contributed by atoms with van der Waals surface area (Å²) < 4.78 is 31.1. The van der Waals surface area contributed by atoms with Gasteiger partial charge in [-0.3, -0.25) is 0 Å². The smallest absolute Gasteiger partial charge is 0.242 e. The summed E-state index contributed by atoms with van der Waals surface area (Å²) in [5.41, 5.74) is 2.07. The molecule has 7 nitrogen and oxygen atoms in total. The average Bonchev–Trinajstić information content (AvgIpc) is 3.15. The van der Waals surface area contributed by atoms with Gasteiger partial charge in [0.2, 0.25) is 15.9 Å². The number of benzene rings is 1. The van der Waals surface area contributed by atoms with Crippen molar-refractivity contribution in [2.45, 2.75) is 37.6 Å². The van der Waals surface area contributed by atoms with Crippen LogP contribution in [0, 0.1) is 0 Å². The quantitative estimate of drug-likeness (QED) is 0.791. The van der Waals surface area contributed by atoms with Crippen molar-refractivity contribution in [2.75, 3.05) is 25.5 Å². The molecular weight excluding hydrogens is 328 g/mol. The maximum atomic E-state index is 12.3.